The summed E-state index contributed by atoms with van der Waals surface area (Å²) in [5, 5.41) is 8.82. The summed E-state index contributed by atoms with van der Waals surface area (Å²) < 4.78 is 15.3. The van der Waals surface area contributed by atoms with Gasteiger partial charge in [0.05, 0.1) is 5.56 Å². The van der Waals surface area contributed by atoms with Crippen molar-refractivity contribution >= 4 is 11.8 Å². The van der Waals surface area contributed by atoms with Crippen molar-refractivity contribution in [2.24, 2.45) is 0 Å². The van der Waals surface area contributed by atoms with Gasteiger partial charge in [0.15, 0.2) is 5.82 Å². The van der Waals surface area contributed by atoms with Gasteiger partial charge in [-0.2, -0.15) is 0 Å². The Kier molecular flexibility index (Phi) is 2.28. The van der Waals surface area contributed by atoms with Gasteiger partial charge in [0.2, 0.25) is 5.16 Å². The van der Waals surface area contributed by atoms with Crippen LogP contribution in [0.25, 0.3) is 11.4 Å². The van der Waals surface area contributed by atoms with Gasteiger partial charge < -0.3 is 5.43 Å². The molecule has 0 atom stereocenters. The van der Waals surface area contributed by atoms with Crippen LogP contribution in [-0.4, -0.2) is 27.2 Å². The largest absolute Gasteiger partial charge is 0.321 e. The molecule has 0 fully saturated rings. The molecule has 16 heavy (non-hydrogen) atoms. The number of nitrogens with zero attached hydrogens (tertiary/aromatic N) is 3. The van der Waals surface area contributed by atoms with Crippen LogP contribution in [0.2, 0.25) is 0 Å². The fourth-order valence-electron chi connectivity index (χ4n) is 1.62. The van der Waals surface area contributed by atoms with Crippen LogP contribution in [-0.2, 0) is 0 Å². The van der Waals surface area contributed by atoms with Crippen molar-refractivity contribution < 1.29 is 4.39 Å². The summed E-state index contributed by atoms with van der Waals surface area (Å²) in [6.45, 7) is 0.831. The minimum atomic E-state index is -0.282. The second-order valence-corrected chi connectivity index (χ2v) is 4.44. The SMILES string of the molecule is Fc1ccccc1-c1nnc2n1NCCS2. The van der Waals surface area contributed by atoms with Gasteiger partial charge in [-0.25, -0.2) is 9.07 Å². The Balaban J connectivity index is 2.13. The van der Waals surface area contributed by atoms with Crippen molar-refractivity contribution in [3.8, 4) is 11.4 Å². The average molecular weight is 236 g/mol. The van der Waals surface area contributed by atoms with E-state index >= 15 is 0 Å². The molecule has 0 spiro atoms. The number of fused-ring (bicyclic) bond motifs is 1. The lowest BCUT2D eigenvalue weighted by Gasteiger charge is -2.16. The quantitative estimate of drug-likeness (QED) is 0.819. The third-order valence-corrected chi connectivity index (χ3v) is 3.28. The highest BCUT2D eigenvalue weighted by Crippen LogP contribution is 2.26. The van der Waals surface area contributed by atoms with Crippen molar-refractivity contribution in [3.63, 3.8) is 0 Å². The Labute approximate surface area is 95.8 Å². The number of hydrogen-bond donors (Lipinski definition) is 1. The summed E-state index contributed by atoms with van der Waals surface area (Å²) in [4.78, 5) is 0. The molecule has 4 nitrogen and oxygen atoms in total. The standard InChI is InChI=1S/C10H9FN4S/c11-8-4-2-1-3-7(8)9-13-14-10-15(9)12-5-6-16-10/h1-4,12H,5-6H2. The maximum absolute atomic E-state index is 13.6. The van der Waals surface area contributed by atoms with E-state index in [2.05, 4.69) is 15.6 Å². The molecule has 0 amide bonds. The van der Waals surface area contributed by atoms with Crippen LogP contribution in [0.15, 0.2) is 29.4 Å². The molecule has 1 aromatic heterocycles. The van der Waals surface area contributed by atoms with Crippen LogP contribution in [0.1, 0.15) is 0 Å². The van der Waals surface area contributed by atoms with E-state index in [1.165, 1.54) is 6.07 Å². The number of aromatic nitrogens is 3. The summed E-state index contributed by atoms with van der Waals surface area (Å²) in [5.41, 5.74) is 3.61. The topological polar surface area (TPSA) is 42.7 Å². The zero-order valence-corrected chi connectivity index (χ0v) is 9.17. The second-order valence-electron chi connectivity index (χ2n) is 3.38. The van der Waals surface area contributed by atoms with Crippen LogP contribution in [0, 0.1) is 5.82 Å². The van der Waals surface area contributed by atoms with Gasteiger partial charge in [-0.15, -0.1) is 10.2 Å². The molecule has 0 bridgehead atoms. The maximum Gasteiger partial charge on any atom is 0.210 e. The Morgan fingerprint density at radius 3 is 3.06 bits per heavy atom. The molecule has 0 radical (unpaired) electrons. The van der Waals surface area contributed by atoms with Crippen LogP contribution in [0.3, 0.4) is 0 Å². The predicted molar refractivity (Wildman–Crippen MR) is 60.4 cm³/mol. The highest BCUT2D eigenvalue weighted by molar-refractivity contribution is 7.99. The summed E-state index contributed by atoms with van der Waals surface area (Å²) in [5.74, 6) is 1.20. The first-order valence-corrected chi connectivity index (χ1v) is 5.92. The van der Waals surface area contributed by atoms with Gasteiger partial charge in [-0.3, -0.25) is 0 Å². The highest BCUT2D eigenvalue weighted by atomic mass is 32.2. The Bertz CT molecular complexity index is 525. The average Bonchev–Trinajstić information content (AvgIpc) is 2.74. The van der Waals surface area contributed by atoms with Gasteiger partial charge in [0, 0.05) is 12.3 Å². The lowest BCUT2D eigenvalue weighted by Crippen LogP contribution is -2.23. The second kappa shape index (κ2) is 3.79. The molecule has 0 saturated carbocycles. The zero-order valence-electron chi connectivity index (χ0n) is 8.35. The molecule has 1 N–H and O–H groups in total. The van der Waals surface area contributed by atoms with Crippen molar-refractivity contribution in [1.82, 2.24) is 14.9 Å². The first-order valence-electron chi connectivity index (χ1n) is 4.93. The molecule has 3 rings (SSSR count). The maximum atomic E-state index is 13.6. The monoisotopic (exact) mass is 236 g/mol. The Morgan fingerprint density at radius 1 is 1.31 bits per heavy atom. The molecule has 2 heterocycles. The van der Waals surface area contributed by atoms with E-state index in [-0.39, 0.29) is 5.82 Å². The lowest BCUT2D eigenvalue weighted by atomic mass is 10.2. The molecule has 82 valence electrons. The number of hydrogen-bond acceptors (Lipinski definition) is 4. The van der Waals surface area contributed by atoms with Gasteiger partial charge in [-0.05, 0) is 12.1 Å². The van der Waals surface area contributed by atoms with Crippen molar-refractivity contribution in [2.45, 2.75) is 5.16 Å². The number of thioether (sulfide) groups is 1. The first kappa shape index (κ1) is 9.65. The number of rotatable bonds is 1. The van der Waals surface area contributed by atoms with Crippen molar-refractivity contribution in [2.75, 3.05) is 17.7 Å². The van der Waals surface area contributed by atoms with Crippen LogP contribution in [0.4, 0.5) is 4.39 Å². The van der Waals surface area contributed by atoms with Crippen LogP contribution >= 0.6 is 11.8 Å². The number of halogens is 1. The molecule has 0 aliphatic carbocycles. The van der Waals surface area contributed by atoms with E-state index in [1.807, 2.05) is 0 Å². The molecule has 0 saturated heterocycles. The molecule has 1 aliphatic heterocycles. The molecule has 0 unspecified atom stereocenters. The molecule has 1 aromatic carbocycles. The highest BCUT2D eigenvalue weighted by Gasteiger charge is 2.19. The van der Waals surface area contributed by atoms with Crippen molar-refractivity contribution in [3.05, 3.63) is 30.1 Å². The molecule has 2 aromatic rings. The zero-order chi connectivity index (χ0) is 11.0. The third kappa shape index (κ3) is 1.46. The minimum Gasteiger partial charge on any atom is -0.321 e. The molecular weight excluding hydrogens is 227 g/mol. The number of benzene rings is 1. The molecule has 1 aliphatic rings. The van der Waals surface area contributed by atoms with E-state index in [4.69, 9.17) is 0 Å². The lowest BCUT2D eigenvalue weighted by molar-refractivity contribution is 0.628. The smallest absolute Gasteiger partial charge is 0.210 e. The van der Waals surface area contributed by atoms with E-state index in [9.17, 15) is 4.39 Å². The van der Waals surface area contributed by atoms with Gasteiger partial charge in [0.25, 0.3) is 0 Å². The summed E-state index contributed by atoms with van der Waals surface area (Å²) in [6.07, 6.45) is 0. The van der Waals surface area contributed by atoms with Gasteiger partial charge in [-0.1, -0.05) is 23.9 Å². The van der Waals surface area contributed by atoms with Gasteiger partial charge in [0.1, 0.15) is 5.82 Å². The summed E-state index contributed by atoms with van der Waals surface area (Å²) in [6, 6.07) is 6.57. The van der Waals surface area contributed by atoms with Gasteiger partial charge >= 0.3 is 0 Å². The number of nitrogens with one attached hydrogen (secondary N) is 1. The third-order valence-electron chi connectivity index (χ3n) is 2.35. The Morgan fingerprint density at radius 2 is 2.19 bits per heavy atom. The molecular formula is C10H9FN4S. The fourth-order valence-corrected chi connectivity index (χ4v) is 2.38. The van der Waals surface area contributed by atoms with Crippen LogP contribution in [0.5, 0.6) is 0 Å². The fraction of sp³-hybridized carbons (Fsp3) is 0.200. The van der Waals surface area contributed by atoms with Crippen molar-refractivity contribution in [1.29, 1.82) is 0 Å². The minimum absolute atomic E-state index is 0.282. The normalized spacial score (nSPS) is 14.3. The van der Waals surface area contributed by atoms with Crippen LogP contribution < -0.4 is 5.43 Å². The first-order chi connectivity index (χ1) is 7.86. The summed E-state index contributed by atoms with van der Waals surface area (Å²) in [7, 11) is 0. The van der Waals surface area contributed by atoms with E-state index in [1.54, 1.807) is 34.6 Å². The Hall–Kier alpha value is -1.56. The van der Waals surface area contributed by atoms with E-state index < -0.39 is 0 Å². The summed E-state index contributed by atoms with van der Waals surface area (Å²) >= 11 is 1.61. The van der Waals surface area contributed by atoms with E-state index in [0.29, 0.717) is 11.4 Å². The molecule has 6 heteroatoms. The predicted octanol–water partition coefficient (Wildman–Crippen LogP) is 1.73. The van der Waals surface area contributed by atoms with E-state index in [0.717, 1.165) is 17.5 Å².